The number of fused-ring (bicyclic) bond motifs is 1. The van der Waals surface area contributed by atoms with Gasteiger partial charge in [0, 0.05) is 17.8 Å². The van der Waals surface area contributed by atoms with Crippen LogP contribution in [0.25, 0.3) is 17.1 Å². The van der Waals surface area contributed by atoms with Crippen molar-refractivity contribution in [3.8, 4) is 5.88 Å². The van der Waals surface area contributed by atoms with Crippen LogP contribution in [0.3, 0.4) is 0 Å². The molecule has 0 atom stereocenters. The molecule has 0 saturated carbocycles. The molecule has 3 N–H and O–H groups in total. The van der Waals surface area contributed by atoms with Gasteiger partial charge in [-0.05, 0) is 23.8 Å². The molecular formula is C16H13FN4O2. The molecule has 3 aromatic rings. The molecule has 0 radical (unpaired) electrons. The molecule has 0 aliphatic carbocycles. The summed E-state index contributed by atoms with van der Waals surface area (Å²) in [7, 11) is 0. The summed E-state index contributed by atoms with van der Waals surface area (Å²) in [5.41, 5.74) is 7.03. The molecule has 3 rings (SSSR count). The fourth-order valence-corrected chi connectivity index (χ4v) is 2.15. The van der Waals surface area contributed by atoms with Gasteiger partial charge in [0.2, 0.25) is 11.8 Å². The topological polar surface area (TPSA) is 93.9 Å². The van der Waals surface area contributed by atoms with Crippen molar-refractivity contribution in [2.45, 2.75) is 6.61 Å². The minimum absolute atomic E-state index is 0.161. The number of ether oxygens (including phenoxy) is 1. The molecule has 116 valence electrons. The van der Waals surface area contributed by atoms with Gasteiger partial charge >= 0.3 is 0 Å². The number of hydrogen-bond donors (Lipinski definition) is 2. The number of hydrogen-bond acceptors (Lipinski definition) is 4. The van der Waals surface area contributed by atoms with Gasteiger partial charge in [-0.15, -0.1) is 0 Å². The Morgan fingerprint density at radius 3 is 3.04 bits per heavy atom. The van der Waals surface area contributed by atoms with Crippen LogP contribution in [0.5, 0.6) is 5.88 Å². The maximum Gasteiger partial charge on any atom is 0.241 e. The van der Waals surface area contributed by atoms with Crippen LogP contribution in [0.4, 0.5) is 4.39 Å². The van der Waals surface area contributed by atoms with E-state index in [0.717, 1.165) is 0 Å². The van der Waals surface area contributed by atoms with Crippen LogP contribution in [0.2, 0.25) is 0 Å². The number of aromatic amines is 1. The first-order valence-electron chi connectivity index (χ1n) is 6.80. The van der Waals surface area contributed by atoms with E-state index < -0.39 is 5.91 Å². The van der Waals surface area contributed by atoms with Crippen LogP contribution >= 0.6 is 0 Å². The lowest BCUT2D eigenvalue weighted by Gasteiger charge is -2.07. The molecule has 1 amide bonds. The lowest BCUT2D eigenvalue weighted by molar-refractivity contribution is -0.113. The number of benzene rings is 1. The third-order valence-corrected chi connectivity index (χ3v) is 3.16. The van der Waals surface area contributed by atoms with Gasteiger partial charge < -0.3 is 15.5 Å². The highest BCUT2D eigenvalue weighted by molar-refractivity contribution is 5.96. The highest BCUT2D eigenvalue weighted by atomic mass is 19.1. The van der Waals surface area contributed by atoms with Crippen LogP contribution in [0.1, 0.15) is 11.1 Å². The maximum atomic E-state index is 13.2. The molecule has 1 aromatic carbocycles. The molecule has 0 aliphatic heterocycles. The smallest absolute Gasteiger partial charge is 0.241 e. The van der Waals surface area contributed by atoms with E-state index in [2.05, 4.69) is 15.0 Å². The van der Waals surface area contributed by atoms with Crippen molar-refractivity contribution in [3.63, 3.8) is 0 Å². The van der Waals surface area contributed by atoms with Crippen molar-refractivity contribution in [1.29, 1.82) is 0 Å². The Morgan fingerprint density at radius 2 is 2.26 bits per heavy atom. The molecule has 2 heterocycles. The average molecular weight is 312 g/mol. The molecule has 0 spiro atoms. The van der Waals surface area contributed by atoms with Crippen LogP contribution in [-0.2, 0) is 11.4 Å². The molecule has 6 nitrogen and oxygen atoms in total. The van der Waals surface area contributed by atoms with Crippen LogP contribution in [0.15, 0.2) is 42.9 Å². The summed E-state index contributed by atoms with van der Waals surface area (Å²) in [6, 6.07) is 6.13. The molecule has 0 aliphatic rings. The zero-order valence-electron chi connectivity index (χ0n) is 12.0. The number of nitrogens with zero attached hydrogens (tertiary/aromatic N) is 2. The zero-order valence-corrected chi connectivity index (χ0v) is 12.0. The quantitative estimate of drug-likeness (QED) is 0.706. The summed E-state index contributed by atoms with van der Waals surface area (Å²) >= 11 is 0. The summed E-state index contributed by atoms with van der Waals surface area (Å²) in [6.45, 7) is 0.161. The zero-order chi connectivity index (χ0) is 16.2. The number of H-pyrrole nitrogens is 1. The summed E-state index contributed by atoms with van der Waals surface area (Å²) in [5.74, 6) is -0.547. The van der Waals surface area contributed by atoms with E-state index in [4.69, 9.17) is 10.5 Å². The second-order valence-electron chi connectivity index (χ2n) is 4.80. The van der Waals surface area contributed by atoms with Gasteiger partial charge in [0.15, 0.2) is 0 Å². The first-order valence-corrected chi connectivity index (χ1v) is 6.80. The predicted octanol–water partition coefficient (Wildman–Crippen LogP) is 2.17. The molecule has 0 fully saturated rings. The fourth-order valence-electron chi connectivity index (χ4n) is 2.15. The maximum absolute atomic E-state index is 13.2. The number of aromatic nitrogens is 3. The Hall–Kier alpha value is -3.22. The standard InChI is InChI=1S/C16H13FN4O2/c17-12-3-1-2-10(6-12)8-23-16-14-11(4-5-13(18)22)7-19-15(14)20-9-21-16/h1-7,9H,8H2,(H2,18,22)(H,19,20,21). The highest BCUT2D eigenvalue weighted by Crippen LogP contribution is 2.26. The number of primary amides is 1. The van der Waals surface area contributed by atoms with E-state index in [0.29, 0.717) is 28.0 Å². The summed E-state index contributed by atoms with van der Waals surface area (Å²) in [6.07, 6.45) is 5.83. The normalized spacial score (nSPS) is 11.2. The van der Waals surface area contributed by atoms with Crippen molar-refractivity contribution in [3.05, 3.63) is 59.8 Å². The van der Waals surface area contributed by atoms with Crippen LogP contribution < -0.4 is 10.5 Å². The molecule has 0 saturated heterocycles. The third-order valence-electron chi connectivity index (χ3n) is 3.16. The minimum atomic E-state index is -0.557. The summed E-state index contributed by atoms with van der Waals surface area (Å²) in [5, 5.41) is 0.626. The van der Waals surface area contributed by atoms with Crippen molar-refractivity contribution < 1.29 is 13.9 Å². The number of carbonyl (C=O) groups excluding carboxylic acids is 1. The Labute approximate surface area is 130 Å². The van der Waals surface area contributed by atoms with Gasteiger partial charge in [-0.1, -0.05) is 12.1 Å². The number of rotatable bonds is 5. The molecule has 0 unspecified atom stereocenters. The van der Waals surface area contributed by atoms with Gasteiger partial charge in [0.25, 0.3) is 0 Å². The minimum Gasteiger partial charge on any atom is -0.472 e. The molecule has 23 heavy (non-hydrogen) atoms. The Bertz CT molecular complexity index is 889. The first kappa shape index (κ1) is 14.7. The van der Waals surface area contributed by atoms with Crippen molar-refractivity contribution >= 4 is 23.0 Å². The van der Waals surface area contributed by atoms with E-state index in [1.807, 2.05) is 0 Å². The molecular weight excluding hydrogens is 299 g/mol. The third kappa shape index (κ3) is 3.34. The van der Waals surface area contributed by atoms with Crippen molar-refractivity contribution in [2.24, 2.45) is 5.73 Å². The van der Waals surface area contributed by atoms with Gasteiger partial charge in [0.05, 0.1) is 5.39 Å². The number of carbonyl (C=O) groups is 1. The number of halogens is 1. The van der Waals surface area contributed by atoms with Gasteiger partial charge in [-0.3, -0.25) is 4.79 Å². The number of amides is 1. The van der Waals surface area contributed by atoms with Crippen LogP contribution in [-0.4, -0.2) is 20.9 Å². The Kier molecular flexibility index (Phi) is 4.01. The highest BCUT2D eigenvalue weighted by Gasteiger charge is 2.11. The first-order chi connectivity index (χ1) is 11.1. The SMILES string of the molecule is NC(=O)C=Cc1c[nH]c2ncnc(OCc3cccc(F)c3)c12. The molecule has 0 bridgehead atoms. The number of nitrogens with one attached hydrogen (secondary N) is 1. The van der Waals surface area contributed by atoms with E-state index >= 15 is 0 Å². The average Bonchev–Trinajstić information content (AvgIpc) is 2.95. The van der Waals surface area contributed by atoms with Gasteiger partial charge in [0.1, 0.15) is 24.4 Å². The van der Waals surface area contributed by atoms with Gasteiger partial charge in [-0.25, -0.2) is 14.4 Å². The van der Waals surface area contributed by atoms with Gasteiger partial charge in [-0.2, -0.15) is 0 Å². The predicted molar refractivity (Wildman–Crippen MR) is 82.8 cm³/mol. The fraction of sp³-hybridized carbons (Fsp3) is 0.0625. The molecule has 2 aromatic heterocycles. The van der Waals surface area contributed by atoms with Crippen LogP contribution in [0, 0.1) is 5.82 Å². The summed E-state index contributed by atoms with van der Waals surface area (Å²) < 4.78 is 18.9. The van der Waals surface area contributed by atoms with Crippen molar-refractivity contribution in [1.82, 2.24) is 15.0 Å². The lowest BCUT2D eigenvalue weighted by atomic mass is 10.2. The van der Waals surface area contributed by atoms with E-state index in [-0.39, 0.29) is 12.4 Å². The molecule has 7 heteroatoms. The van der Waals surface area contributed by atoms with E-state index in [1.165, 1.54) is 24.5 Å². The number of nitrogens with two attached hydrogens (primary N) is 1. The van der Waals surface area contributed by atoms with Crippen molar-refractivity contribution in [2.75, 3.05) is 0 Å². The second kappa shape index (κ2) is 6.27. The van der Waals surface area contributed by atoms with E-state index in [9.17, 15) is 9.18 Å². The second-order valence-corrected chi connectivity index (χ2v) is 4.80. The lowest BCUT2D eigenvalue weighted by Crippen LogP contribution is -2.05. The Balaban J connectivity index is 1.91. The largest absolute Gasteiger partial charge is 0.472 e. The monoisotopic (exact) mass is 312 g/mol. The van der Waals surface area contributed by atoms with E-state index in [1.54, 1.807) is 24.4 Å². The summed E-state index contributed by atoms with van der Waals surface area (Å²) in [4.78, 5) is 22.1. The Morgan fingerprint density at radius 1 is 1.39 bits per heavy atom.